The molecule has 0 aliphatic carbocycles. The molecule has 3 aromatic rings. The van der Waals surface area contributed by atoms with Crippen molar-refractivity contribution in [3.05, 3.63) is 40.4 Å². The minimum absolute atomic E-state index is 0.0342. The predicted molar refractivity (Wildman–Crippen MR) is 112 cm³/mol. The van der Waals surface area contributed by atoms with E-state index in [1.165, 1.54) is 11.3 Å². The van der Waals surface area contributed by atoms with Crippen LogP contribution in [-0.2, 0) is 0 Å². The zero-order chi connectivity index (χ0) is 20.5. The van der Waals surface area contributed by atoms with Crippen molar-refractivity contribution in [1.29, 1.82) is 0 Å². The summed E-state index contributed by atoms with van der Waals surface area (Å²) in [6.07, 6.45) is 0. The molecule has 0 atom stereocenters. The Bertz CT molecular complexity index is 1130. The second kappa shape index (κ2) is 7.55. The van der Waals surface area contributed by atoms with Gasteiger partial charge in [0.05, 0.1) is 17.1 Å². The van der Waals surface area contributed by atoms with Gasteiger partial charge in [-0.15, -0.1) is 11.3 Å². The van der Waals surface area contributed by atoms with Gasteiger partial charge in [-0.25, -0.2) is 9.97 Å². The highest BCUT2D eigenvalue weighted by atomic mass is 32.1. The monoisotopic (exact) mass is 412 g/mol. The highest BCUT2D eigenvalue weighted by Crippen LogP contribution is 2.33. The zero-order valence-corrected chi connectivity index (χ0v) is 16.8. The van der Waals surface area contributed by atoms with Crippen LogP contribution < -0.4 is 20.7 Å². The molecule has 2 aromatic heterocycles. The Labute approximate surface area is 170 Å². The number of hydrogen-bond acceptors (Lipinski definition) is 9. The van der Waals surface area contributed by atoms with Crippen molar-refractivity contribution >= 4 is 44.8 Å². The number of ether oxygens (including phenoxy) is 1. The van der Waals surface area contributed by atoms with Crippen molar-refractivity contribution in [3.8, 4) is 5.75 Å². The molecule has 1 amide bonds. The fourth-order valence-electron chi connectivity index (χ4n) is 3.23. The van der Waals surface area contributed by atoms with Gasteiger partial charge in [-0.05, 0) is 25.1 Å². The van der Waals surface area contributed by atoms with Gasteiger partial charge >= 0.3 is 0 Å². The first kappa shape index (κ1) is 18.9. The number of fused-ring (bicyclic) bond motifs is 2. The summed E-state index contributed by atoms with van der Waals surface area (Å²) in [5, 5.41) is 16.6. The van der Waals surface area contributed by atoms with Crippen LogP contribution in [0.5, 0.6) is 5.75 Å². The number of amides is 1. The molecule has 0 fully saturated rings. The Hall–Kier alpha value is -3.40. The minimum atomic E-state index is -0.201. The van der Waals surface area contributed by atoms with Crippen LogP contribution in [-0.4, -0.2) is 53.5 Å². The Morgan fingerprint density at radius 3 is 3.00 bits per heavy atom. The number of nitrogen functional groups attached to an aromatic ring is 1. The zero-order valence-electron chi connectivity index (χ0n) is 16.0. The molecule has 1 aliphatic rings. The molecule has 0 saturated heterocycles. The van der Waals surface area contributed by atoms with E-state index in [2.05, 4.69) is 25.3 Å². The number of aromatic nitrogens is 2. The van der Waals surface area contributed by atoms with Crippen molar-refractivity contribution in [1.82, 2.24) is 15.3 Å². The maximum absolute atomic E-state index is 12.2. The van der Waals surface area contributed by atoms with Crippen molar-refractivity contribution in [2.75, 3.05) is 37.4 Å². The third-order valence-corrected chi connectivity index (χ3v) is 5.65. The molecule has 0 unspecified atom stereocenters. The fraction of sp³-hybridized carbons (Fsp3) is 0.263. The largest absolute Gasteiger partial charge is 0.490 e. The van der Waals surface area contributed by atoms with Crippen LogP contribution in [0.15, 0.2) is 29.4 Å². The smallest absolute Gasteiger partial charge is 0.261 e. The second-order valence-electron chi connectivity index (χ2n) is 6.52. The average Bonchev–Trinajstić information content (AvgIpc) is 3.13. The number of nitrogens with one attached hydrogen (secondary N) is 1. The number of nitrogens with zero attached hydrogens (tertiary/aromatic N) is 4. The van der Waals surface area contributed by atoms with Crippen molar-refractivity contribution in [3.63, 3.8) is 0 Å². The van der Waals surface area contributed by atoms with E-state index < -0.39 is 0 Å². The number of carbonyl (C=O) groups is 1. The van der Waals surface area contributed by atoms with Crippen LogP contribution in [0, 0.1) is 0 Å². The lowest BCUT2D eigenvalue weighted by molar-refractivity contribution is 0.0960. The van der Waals surface area contributed by atoms with Gasteiger partial charge in [0.1, 0.15) is 28.6 Å². The number of rotatable bonds is 4. The first-order chi connectivity index (χ1) is 14.0. The van der Waals surface area contributed by atoms with Crippen LogP contribution in [0.1, 0.15) is 27.9 Å². The molecular formula is C19H20N6O3S. The molecule has 10 heteroatoms. The number of oxime groups is 1. The van der Waals surface area contributed by atoms with Gasteiger partial charge in [0.15, 0.2) is 0 Å². The third-order valence-electron chi connectivity index (χ3n) is 4.62. The summed E-state index contributed by atoms with van der Waals surface area (Å²) < 4.78 is 5.75. The molecule has 4 N–H and O–H groups in total. The van der Waals surface area contributed by atoms with E-state index in [0.29, 0.717) is 45.3 Å². The summed E-state index contributed by atoms with van der Waals surface area (Å²) >= 11 is 1.21. The molecule has 0 bridgehead atoms. The van der Waals surface area contributed by atoms with E-state index in [-0.39, 0.29) is 17.6 Å². The van der Waals surface area contributed by atoms with Crippen LogP contribution >= 0.6 is 11.3 Å². The normalized spacial score (nSPS) is 13.9. The molecule has 0 radical (unpaired) electrons. The Morgan fingerprint density at radius 2 is 2.24 bits per heavy atom. The van der Waals surface area contributed by atoms with Crippen molar-refractivity contribution < 1.29 is 14.7 Å². The highest BCUT2D eigenvalue weighted by molar-refractivity contribution is 7.20. The molecule has 1 aromatic carbocycles. The highest BCUT2D eigenvalue weighted by Gasteiger charge is 2.22. The summed E-state index contributed by atoms with van der Waals surface area (Å²) in [5.41, 5.74) is 8.04. The molecule has 0 saturated carbocycles. The van der Waals surface area contributed by atoms with Gasteiger partial charge in [0.2, 0.25) is 5.95 Å². The first-order valence-electron chi connectivity index (χ1n) is 9.07. The van der Waals surface area contributed by atoms with E-state index in [4.69, 9.17) is 10.5 Å². The van der Waals surface area contributed by atoms with Gasteiger partial charge in [0, 0.05) is 24.5 Å². The molecule has 1 aliphatic heterocycles. The molecule has 150 valence electrons. The summed E-state index contributed by atoms with van der Waals surface area (Å²) in [6, 6.07) is 7.24. The molecule has 29 heavy (non-hydrogen) atoms. The molecule has 3 heterocycles. The first-order valence-corrected chi connectivity index (χ1v) is 9.89. The van der Waals surface area contributed by atoms with Gasteiger partial charge < -0.3 is 25.9 Å². The topological polar surface area (TPSA) is 126 Å². The summed E-state index contributed by atoms with van der Waals surface area (Å²) in [6.45, 7) is 3.73. The number of anilines is 2. The number of carbonyl (C=O) groups excluding carboxylic acids is 1. The average molecular weight is 412 g/mol. The van der Waals surface area contributed by atoms with E-state index in [1.807, 2.05) is 26.1 Å². The number of benzene rings is 1. The predicted octanol–water partition coefficient (Wildman–Crippen LogP) is 2.08. The molecule has 0 spiro atoms. The molecular weight excluding hydrogens is 392 g/mol. The minimum Gasteiger partial charge on any atom is -0.490 e. The maximum Gasteiger partial charge on any atom is 0.261 e. The lowest BCUT2D eigenvalue weighted by Gasteiger charge is -2.28. The van der Waals surface area contributed by atoms with E-state index >= 15 is 0 Å². The molecule has 4 rings (SSSR count). The summed E-state index contributed by atoms with van der Waals surface area (Å²) in [4.78, 5) is 23.9. The van der Waals surface area contributed by atoms with E-state index in [9.17, 15) is 10.0 Å². The number of thiophene rings is 1. The fourth-order valence-corrected chi connectivity index (χ4v) is 4.18. The lowest BCUT2D eigenvalue weighted by atomic mass is 10.0. The van der Waals surface area contributed by atoms with Gasteiger partial charge in [-0.2, -0.15) is 0 Å². The lowest BCUT2D eigenvalue weighted by Crippen LogP contribution is -2.28. The number of nitrogens with two attached hydrogens (primary N) is 1. The summed E-state index contributed by atoms with van der Waals surface area (Å²) in [7, 11) is 1.99. The number of likely N-dealkylation sites (N-methyl/N-ethyl adjacent to an activating group) is 1. The standard InChI is InChI=1S/C19H20N6O3S/c1-3-21-17(26)14-9-11-16(22-19(20)23-18(11)29-14)15(24-27)10-4-5-12-13(8-10)28-7-6-25(12)2/h4-5,8-9,27H,3,6-7H2,1-2H3,(H,21,26)(H2,20,22,23)/b24-15+. The Kier molecular flexibility index (Phi) is 4.93. The number of hydrogen-bond donors (Lipinski definition) is 3. The molecule has 9 nitrogen and oxygen atoms in total. The quantitative estimate of drug-likeness (QED) is 0.340. The third kappa shape index (κ3) is 3.42. The van der Waals surface area contributed by atoms with Crippen LogP contribution in [0.2, 0.25) is 0 Å². The van der Waals surface area contributed by atoms with Crippen LogP contribution in [0.3, 0.4) is 0 Å². The van der Waals surface area contributed by atoms with Crippen molar-refractivity contribution in [2.24, 2.45) is 5.16 Å². The van der Waals surface area contributed by atoms with E-state index in [1.54, 1.807) is 12.1 Å². The maximum atomic E-state index is 12.2. The van der Waals surface area contributed by atoms with Crippen LogP contribution in [0.25, 0.3) is 10.2 Å². The van der Waals surface area contributed by atoms with E-state index in [0.717, 1.165) is 12.2 Å². The van der Waals surface area contributed by atoms with Crippen LogP contribution in [0.4, 0.5) is 11.6 Å². The van der Waals surface area contributed by atoms with Gasteiger partial charge in [-0.1, -0.05) is 11.2 Å². The van der Waals surface area contributed by atoms with Gasteiger partial charge in [-0.3, -0.25) is 4.79 Å². The second-order valence-corrected chi connectivity index (χ2v) is 7.55. The Balaban J connectivity index is 1.83. The SMILES string of the molecule is CCNC(=O)c1cc2c(/C(=N/O)c3ccc4c(c3)OCCN4C)nc(N)nc2s1. The summed E-state index contributed by atoms with van der Waals surface area (Å²) in [5.74, 6) is 0.531. The Morgan fingerprint density at radius 1 is 1.41 bits per heavy atom. The van der Waals surface area contributed by atoms with Crippen molar-refractivity contribution in [2.45, 2.75) is 6.92 Å². The van der Waals surface area contributed by atoms with Gasteiger partial charge in [0.25, 0.3) is 5.91 Å².